The maximum Gasteiger partial charge on any atom is 0.258 e. The summed E-state index contributed by atoms with van der Waals surface area (Å²) < 4.78 is 5.47. The van der Waals surface area contributed by atoms with Gasteiger partial charge < -0.3 is 15.8 Å². The molecule has 0 aliphatic rings. The Kier molecular flexibility index (Phi) is 6.37. The van der Waals surface area contributed by atoms with Crippen LogP contribution in [0.15, 0.2) is 41.8 Å². The van der Waals surface area contributed by atoms with E-state index in [9.17, 15) is 9.59 Å². The molecule has 0 aliphatic heterocycles. The summed E-state index contributed by atoms with van der Waals surface area (Å²) >= 11 is 1.63. The number of benzene rings is 1. The molecule has 0 spiro atoms. The molecule has 24 heavy (non-hydrogen) atoms. The largest absolute Gasteiger partial charge is 0.484 e. The highest BCUT2D eigenvalue weighted by molar-refractivity contribution is 7.10. The molecule has 1 atom stereocenters. The second kappa shape index (κ2) is 8.49. The molecule has 1 aromatic carbocycles. The van der Waals surface area contributed by atoms with Gasteiger partial charge in [-0.25, -0.2) is 0 Å². The Labute approximate surface area is 145 Å². The molecule has 0 fully saturated rings. The Morgan fingerprint density at radius 3 is 2.67 bits per heavy atom. The van der Waals surface area contributed by atoms with Gasteiger partial charge in [0.05, 0.1) is 6.04 Å². The molecule has 2 rings (SSSR count). The predicted molar refractivity (Wildman–Crippen MR) is 95.1 cm³/mol. The van der Waals surface area contributed by atoms with E-state index in [1.165, 1.54) is 6.07 Å². The van der Waals surface area contributed by atoms with E-state index in [0.29, 0.717) is 17.2 Å². The third-order valence-corrected chi connectivity index (χ3v) is 4.40. The number of ether oxygens (including phenoxy) is 1. The molecular formula is C18H22N2O3S. The van der Waals surface area contributed by atoms with E-state index >= 15 is 0 Å². The van der Waals surface area contributed by atoms with Gasteiger partial charge in [-0.1, -0.05) is 26.0 Å². The average molecular weight is 346 g/mol. The Hall–Kier alpha value is -2.34. The monoisotopic (exact) mass is 346 g/mol. The van der Waals surface area contributed by atoms with Crippen LogP contribution in [-0.2, 0) is 4.79 Å². The first-order valence-electron chi connectivity index (χ1n) is 7.81. The molecule has 1 aromatic heterocycles. The summed E-state index contributed by atoms with van der Waals surface area (Å²) in [5, 5.41) is 5.01. The first-order chi connectivity index (χ1) is 11.5. The number of amides is 2. The van der Waals surface area contributed by atoms with Crippen LogP contribution in [0.25, 0.3) is 0 Å². The highest BCUT2D eigenvalue weighted by Gasteiger charge is 2.17. The van der Waals surface area contributed by atoms with Crippen molar-refractivity contribution < 1.29 is 14.3 Å². The average Bonchev–Trinajstić information content (AvgIpc) is 3.06. The number of rotatable bonds is 8. The quantitative estimate of drug-likeness (QED) is 0.770. The number of carbonyl (C=O) groups is 2. The molecule has 128 valence electrons. The van der Waals surface area contributed by atoms with Crippen LogP contribution in [0.2, 0.25) is 0 Å². The van der Waals surface area contributed by atoms with Gasteiger partial charge in [-0.2, -0.15) is 0 Å². The maximum atomic E-state index is 12.2. The molecule has 0 saturated heterocycles. The van der Waals surface area contributed by atoms with E-state index in [-0.39, 0.29) is 18.6 Å². The molecule has 0 bridgehead atoms. The van der Waals surface area contributed by atoms with E-state index in [0.717, 1.165) is 11.3 Å². The SMILES string of the molecule is CC(C)CC(NC(=O)COc1cccc(C(N)=O)c1)c1cccs1. The Balaban J connectivity index is 1.93. The van der Waals surface area contributed by atoms with Crippen LogP contribution >= 0.6 is 11.3 Å². The summed E-state index contributed by atoms with van der Waals surface area (Å²) in [7, 11) is 0. The zero-order valence-corrected chi connectivity index (χ0v) is 14.6. The van der Waals surface area contributed by atoms with Crippen LogP contribution in [-0.4, -0.2) is 18.4 Å². The smallest absolute Gasteiger partial charge is 0.258 e. The fourth-order valence-electron chi connectivity index (χ4n) is 2.33. The molecule has 1 heterocycles. The van der Waals surface area contributed by atoms with E-state index in [2.05, 4.69) is 19.2 Å². The van der Waals surface area contributed by atoms with Gasteiger partial charge in [0.25, 0.3) is 5.91 Å². The Morgan fingerprint density at radius 1 is 1.25 bits per heavy atom. The minimum atomic E-state index is -0.528. The third-order valence-electron chi connectivity index (χ3n) is 3.42. The van der Waals surface area contributed by atoms with Crippen molar-refractivity contribution in [2.75, 3.05) is 6.61 Å². The van der Waals surface area contributed by atoms with Crippen LogP contribution < -0.4 is 15.8 Å². The number of hydrogen-bond acceptors (Lipinski definition) is 4. The lowest BCUT2D eigenvalue weighted by Crippen LogP contribution is -2.33. The minimum absolute atomic E-state index is 0.0157. The van der Waals surface area contributed by atoms with Crippen molar-refractivity contribution >= 4 is 23.2 Å². The molecule has 2 amide bonds. The Morgan fingerprint density at radius 2 is 2.04 bits per heavy atom. The molecule has 0 aliphatic carbocycles. The molecule has 5 nitrogen and oxygen atoms in total. The second-order valence-electron chi connectivity index (χ2n) is 5.95. The number of carbonyl (C=O) groups excluding carboxylic acids is 2. The highest BCUT2D eigenvalue weighted by Crippen LogP contribution is 2.25. The fourth-order valence-corrected chi connectivity index (χ4v) is 3.12. The topological polar surface area (TPSA) is 81.4 Å². The van der Waals surface area contributed by atoms with Crippen molar-refractivity contribution in [2.45, 2.75) is 26.3 Å². The van der Waals surface area contributed by atoms with Crippen LogP contribution in [0.5, 0.6) is 5.75 Å². The lowest BCUT2D eigenvalue weighted by atomic mass is 10.0. The van der Waals surface area contributed by atoms with Crippen molar-refractivity contribution in [3.8, 4) is 5.75 Å². The van der Waals surface area contributed by atoms with Crippen molar-refractivity contribution in [2.24, 2.45) is 11.7 Å². The van der Waals surface area contributed by atoms with E-state index in [1.807, 2.05) is 17.5 Å². The second-order valence-corrected chi connectivity index (χ2v) is 6.93. The molecule has 1 unspecified atom stereocenters. The van der Waals surface area contributed by atoms with Crippen molar-refractivity contribution in [3.63, 3.8) is 0 Å². The summed E-state index contributed by atoms with van der Waals surface area (Å²) in [6.07, 6.45) is 0.864. The molecule has 0 radical (unpaired) electrons. The molecule has 2 aromatic rings. The lowest BCUT2D eigenvalue weighted by molar-refractivity contribution is -0.123. The first kappa shape index (κ1) is 18.0. The minimum Gasteiger partial charge on any atom is -0.484 e. The lowest BCUT2D eigenvalue weighted by Gasteiger charge is -2.19. The number of primary amides is 1. The van der Waals surface area contributed by atoms with E-state index in [4.69, 9.17) is 10.5 Å². The highest BCUT2D eigenvalue weighted by atomic mass is 32.1. The normalized spacial score (nSPS) is 12.0. The maximum absolute atomic E-state index is 12.2. The molecule has 0 saturated carbocycles. The standard InChI is InChI=1S/C18H22N2O3S/c1-12(2)9-15(16-7-4-8-24-16)20-17(21)11-23-14-6-3-5-13(10-14)18(19)22/h3-8,10,12,15H,9,11H2,1-2H3,(H2,19,22)(H,20,21). The van der Waals surface area contributed by atoms with E-state index in [1.54, 1.807) is 29.5 Å². The van der Waals surface area contributed by atoms with Gasteiger partial charge in [0, 0.05) is 10.4 Å². The summed E-state index contributed by atoms with van der Waals surface area (Å²) in [6, 6.07) is 10.5. The zero-order chi connectivity index (χ0) is 17.5. The predicted octanol–water partition coefficient (Wildman–Crippen LogP) is 3.13. The fraction of sp³-hybridized carbons (Fsp3) is 0.333. The summed E-state index contributed by atoms with van der Waals surface area (Å²) in [6.45, 7) is 4.14. The van der Waals surface area contributed by atoms with Gasteiger partial charge in [0.15, 0.2) is 6.61 Å². The van der Waals surface area contributed by atoms with Crippen LogP contribution in [0.1, 0.15) is 41.5 Å². The van der Waals surface area contributed by atoms with Gasteiger partial charge in [0.1, 0.15) is 5.75 Å². The van der Waals surface area contributed by atoms with Gasteiger partial charge in [-0.3, -0.25) is 9.59 Å². The van der Waals surface area contributed by atoms with Crippen LogP contribution in [0.4, 0.5) is 0 Å². The number of hydrogen-bond donors (Lipinski definition) is 2. The van der Waals surface area contributed by atoms with Gasteiger partial charge in [0.2, 0.25) is 5.91 Å². The first-order valence-corrected chi connectivity index (χ1v) is 8.69. The van der Waals surface area contributed by atoms with Crippen LogP contribution in [0, 0.1) is 5.92 Å². The van der Waals surface area contributed by atoms with Crippen molar-refractivity contribution in [1.82, 2.24) is 5.32 Å². The summed E-state index contributed by atoms with van der Waals surface area (Å²) in [5.41, 5.74) is 5.58. The third kappa shape index (κ3) is 5.38. The number of nitrogens with one attached hydrogen (secondary N) is 1. The molecular weight excluding hydrogens is 324 g/mol. The van der Waals surface area contributed by atoms with Crippen LogP contribution in [0.3, 0.4) is 0 Å². The van der Waals surface area contributed by atoms with Gasteiger partial charge >= 0.3 is 0 Å². The van der Waals surface area contributed by atoms with Crippen molar-refractivity contribution in [3.05, 3.63) is 52.2 Å². The molecule has 3 N–H and O–H groups in total. The zero-order valence-electron chi connectivity index (χ0n) is 13.8. The Bertz CT molecular complexity index is 683. The number of nitrogens with two attached hydrogens (primary N) is 1. The van der Waals surface area contributed by atoms with Gasteiger partial charge in [-0.15, -0.1) is 11.3 Å². The number of thiophene rings is 1. The summed E-state index contributed by atoms with van der Waals surface area (Å²) in [5.74, 6) is 0.182. The van der Waals surface area contributed by atoms with Crippen molar-refractivity contribution in [1.29, 1.82) is 0 Å². The van der Waals surface area contributed by atoms with Gasteiger partial charge in [-0.05, 0) is 42.0 Å². The van der Waals surface area contributed by atoms with E-state index < -0.39 is 5.91 Å². The summed E-state index contributed by atoms with van der Waals surface area (Å²) in [4.78, 5) is 24.5. The molecule has 6 heteroatoms.